The van der Waals surface area contributed by atoms with Gasteiger partial charge in [0.15, 0.2) is 0 Å². The summed E-state index contributed by atoms with van der Waals surface area (Å²) in [7, 11) is -4.12. The van der Waals surface area contributed by atoms with Crippen molar-refractivity contribution in [1.82, 2.24) is 9.62 Å². The molecular formula is C23H25F5N2O3S. The largest absolute Gasteiger partial charge is 0.331 e. The number of hydrogen-bond acceptors (Lipinski definition) is 3. The third-order valence-electron chi connectivity index (χ3n) is 5.76. The fourth-order valence-corrected chi connectivity index (χ4v) is 4.92. The van der Waals surface area contributed by atoms with Crippen LogP contribution < -0.4 is 4.72 Å². The van der Waals surface area contributed by atoms with Crippen LogP contribution in [-0.2, 0) is 21.2 Å². The van der Waals surface area contributed by atoms with Gasteiger partial charge in [-0.1, -0.05) is 26.0 Å². The van der Waals surface area contributed by atoms with Crippen LogP contribution in [0.2, 0.25) is 0 Å². The Labute approximate surface area is 195 Å². The lowest BCUT2D eigenvalue weighted by Gasteiger charge is -2.29. The van der Waals surface area contributed by atoms with Crippen molar-refractivity contribution in [3.63, 3.8) is 0 Å². The number of amides is 1. The van der Waals surface area contributed by atoms with E-state index in [2.05, 4.69) is 0 Å². The van der Waals surface area contributed by atoms with Crippen molar-refractivity contribution in [2.45, 2.75) is 45.2 Å². The molecule has 5 nitrogen and oxygen atoms in total. The lowest BCUT2D eigenvalue weighted by atomic mass is 9.94. The van der Waals surface area contributed by atoms with E-state index in [-0.39, 0.29) is 16.7 Å². The van der Waals surface area contributed by atoms with Crippen LogP contribution in [0.3, 0.4) is 0 Å². The van der Waals surface area contributed by atoms with Crippen LogP contribution in [0.25, 0.3) is 11.1 Å². The molecule has 0 aliphatic carbocycles. The molecule has 0 aromatic heterocycles. The van der Waals surface area contributed by atoms with Gasteiger partial charge in [0, 0.05) is 11.5 Å². The van der Waals surface area contributed by atoms with E-state index in [1.54, 1.807) is 0 Å². The zero-order valence-electron chi connectivity index (χ0n) is 18.8. The maximum Gasteiger partial charge on any atom is 0.283 e. The van der Waals surface area contributed by atoms with E-state index in [0.29, 0.717) is 0 Å². The Morgan fingerprint density at radius 2 is 1.82 bits per heavy atom. The van der Waals surface area contributed by atoms with Gasteiger partial charge < -0.3 is 4.90 Å². The molecule has 0 bridgehead atoms. The van der Waals surface area contributed by atoms with Crippen molar-refractivity contribution < 1.29 is 35.2 Å². The summed E-state index contributed by atoms with van der Waals surface area (Å²) in [5.41, 5.74) is -0.593. The number of sulfonamides is 1. The summed E-state index contributed by atoms with van der Waals surface area (Å²) in [6.07, 6.45) is -0.586. The molecule has 2 atom stereocenters. The molecule has 186 valence electrons. The number of halogens is 5. The molecule has 0 saturated carbocycles. The number of nitrogens with zero attached hydrogens (tertiary/aromatic N) is 1. The lowest BCUT2D eigenvalue weighted by Crippen LogP contribution is -2.53. The van der Waals surface area contributed by atoms with Crippen LogP contribution in [0.5, 0.6) is 0 Å². The summed E-state index contributed by atoms with van der Waals surface area (Å²) in [5, 5.41) is 0. The summed E-state index contributed by atoms with van der Waals surface area (Å²) in [5.74, 6) is -8.05. The van der Waals surface area contributed by atoms with Crippen molar-refractivity contribution in [1.29, 1.82) is 0 Å². The van der Waals surface area contributed by atoms with Gasteiger partial charge in [0.25, 0.3) is 5.92 Å². The third kappa shape index (κ3) is 5.41. The smallest absolute Gasteiger partial charge is 0.283 e. The fraction of sp³-hybridized carbons (Fsp3) is 0.435. The van der Waals surface area contributed by atoms with Crippen molar-refractivity contribution in [2.75, 3.05) is 12.3 Å². The van der Waals surface area contributed by atoms with Gasteiger partial charge in [-0.05, 0) is 48.7 Å². The SMILES string of the molecule is CCS(=O)(=O)N[C@@H]1[C@H](Cc2cc(F)cc(-c3cccc(F)c3)c2F)N(C(=O)C(C)C)CC1(F)F. The second kappa shape index (κ2) is 9.61. The average Bonchev–Trinajstić information content (AvgIpc) is 2.99. The fourth-order valence-electron chi connectivity index (χ4n) is 4.03. The maximum absolute atomic E-state index is 15.4. The molecule has 0 unspecified atom stereocenters. The molecular weight excluding hydrogens is 479 g/mol. The van der Waals surface area contributed by atoms with E-state index in [4.69, 9.17) is 0 Å². The minimum Gasteiger partial charge on any atom is -0.331 e. The standard InChI is InChI=1S/C23H25F5N2O3S/c1-4-34(32,33)29-21-19(30(12-23(21,27)28)22(31)13(2)3)10-15-9-17(25)11-18(20(15)26)14-6-5-7-16(24)8-14/h5-9,11,13,19,21,29H,4,10,12H2,1-3H3/t19-,21+/m0/s1. The molecule has 11 heteroatoms. The van der Waals surface area contributed by atoms with Crippen molar-refractivity contribution in [3.8, 4) is 11.1 Å². The Balaban J connectivity index is 2.09. The molecule has 0 spiro atoms. The van der Waals surface area contributed by atoms with E-state index in [0.717, 1.165) is 29.2 Å². The topological polar surface area (TPSA) is 66.5 Å². The van der Waals surface area contributed by atoms with Crippen LogP contribution in [0.15, 0.2) is 36.4 Å². The van der Waals surface area contributed by atoms with E-state index < -0.39 is 76.0 Å². The van der Waals surface area contributed by atoms with E-state index >= 15 is 4.39 Å². The highest BCUT2D eigenvalue weighted by Gasteiger charge is 2.57. The summed E-state index contributed by atoms with van der Waals surface area (Å²) >= 11 is 0. The number of alkyl halides is 2. The summed E-state index contributed by atoms with van der Waals surface area (Å²) < 4.78 is 99.6. The maximum atomic E-state index is 15.4. The normalized spacial score (nSPS) is 20.2. The molecule has 1 N–H and O–H groups in total. The van der Waals surface area contributed by atoms with Gasteiger partial charge >= 0.3 is 0 Å². The minimum absolute atomic E-state index is 0.0355. The van der Waals surface area contributed by atoms with Crippen molar-refractivity contribution >= 4 is 15.9 Å². The number of likely N-dealkylation sites (tertiary alicyclic amines) is 1. The summed E-state index contributed by atoms with van der Waals surface area (Å²) in [6.45, 7) is 3.18. The van der Waals surface area contributed by atoms with E-state index in [1.165, 1.54) is 32.9 Å². The monoisotopic (exact) mass is 504 g/mol. The van der Waals surface area contributed by atoms with Crippen molar-refractivity contribution in [3.05, 3.63) is 59.4 Å². The third-order valence-corrected chi connectivity index (χ3v) is 7.14. The van der Waals surface area contributed by atoms with Gasteiger partial charge in [-0.15, -0.1) is 0 Å². The predicted molar refractivity (Wildman–Crippen MR) is 117 cm³/mol. The van der Waals surface area contributed by atoms with E-state index in [1.807, 2.05) is 4.72 Å². The first-order valence-corrected chi connectivity index (χ1v) is 12.3. The molecule has 34 heavy (non-hydrogen) atoms. The highest BCUT2D eigenvalue weighted by atomic mass is 32.2. The highest BCUT2D eigenvalue weighted by Crippen LogP contribution is 2.37. The first-order valence-electron chi connectivity index (χ1n) is 10.7. The molecule has 1 amide bonds. The quantitative estimate of drug-likeness (QED) is 0.577. The van der Waals surface area contributed by atoms with Gasteiger partial charge in [0.2, 0.25) is 15.9 Å². The predicted octanol–water partition coefficient (Wildman–Crippen LogP) is 4.12. The molecule has 1 heterocycles. The zero-order chi connectivity index (χ0) is 25.4. The first-order chi connectivity index (χ1) is 15.8. The molecule has 1 fully saturated rings. The average molecular weight is 505 g/mol. The first kappa shape index (κ1) is 26.1. The number of nitrogens with one attached hydrogen (secondary N) is 1. The van der Waals surface area contributed by atoms with Gasteiger partial charge in [-0.3, -0.25) is 4.79 Å². The number of hydrogen-bond donors (Lipinski definition) is 1. The van der Waals surface area contributed by atoms with Gasteiger partial charge in [-0.2, -0.15) is 0 Å². The second-order valence-corrected chi connectivity index (χ2v) is 10.6. The number of carbonyl (C=O) groups excluding carboxylic acids is 1. The molecule has 1 aliphatic heterocycles. The van der Waals surface area contributed by atoms with Crippen LogP contribution in [0.4, 0.5) is 22.0 Å². The summed E-state index contributed by atoms with van der Waals surface area (Å²) in [4.78, 5) is 13.5. The summed E-state index contributed by atoms with van der Waals surface area (Å²) in [6, 6.07) is 2.93. The Kier molecular flexibility index (Phi) is 7.37. The van der Waals surface area contributed by atoms with Crippen LogP contribution in [0.1, 0.15) is 26.3 Å². The molecule has 1 aliphatic rings. The highest BCUT2D eigenvalue weighted by molar-refractivity contribution is 7.89. The lowest BCUT2D eigenvalue weighted by molar-refractivity contribution is -0.136. The van der Waals surface area contributed by atoms with E-state index in [9.17, 15) is 30.8 Å². The number of benzene rings is 2. The Morgan fingerprint density at radius 3 is 2.41 bits per heavy atom. The van der Waals surface area contributed by atoms with Gasteiger partial charge in [0.1, 0.15) is 23.5 Å². The Hall–Kier alpha value is -2.53. The van der Waals surface area contributed by atoms with Gasteiger partial charge in [0.05, 0.1) is 18.3 Å². The van der Waals surface area contributed by atoms with Crippen LogP contribution >= 0.6 is 0 Å². The number of carbonyl (C=O) groups is 1. The molecule has 0 radical (unpaired) electrons. The Bertz CT molecular complexity index is 1190. The van der Waals surface area contributed by atoms with Crippen LogP contribution in [-0.4, -0.2) is 49.5 Å². The second-order valence-electron chi connectivity index (χ2n) is 8.59. The minimum atomic E-state index is -4.12. The molecule has 2 aromatic rings. The van der Waals surface area contributed by atoms with Gasteiger partial charge in [-0.25, -0.2) is 35.1 Å². The zero-order valence-corrected chi connectivity index (χ0v) is 19.6. The number of rotatable bonds is 7. The Morgan fingerprint density at radius 1 is 1.15 bits per heavy atom. The van der Waals surface area contributed by atoms with Crippen molar-refractivity contribution in [2.24, 2.45) is 5.92 Å². The molecule has 2 aromatic carbocycles. The molecule has 3 rings (SSSR count). The molecule has 1 saturated heterocycles. The van der Waals surface area contributed by atoms with Crippen LogP contribution in [0, 0.1) is 23.4 Å².